The van der Waals surface area contributed by atoms with Crippen LogP contribution in [-0.4, -0.2) is 20.7 Å². The largest absolute Gasteiger partial charge is 0.339 e. The first kappa shape index (κ1) is 18.2. The average molecular weight is 395 g/mol. The Morgan fingerprint density at radius 2 is 1.87 bits per heavy atom. The van der Waals surface area contributed by atoms with Crippen LogP contribution in [0.1, 0.15) is 18.5 Å². The minimum Gasteiger partial charge on any atom is -0.339 e. The van der Waals surface area contributed by atoms with Crippen LogP contribution >= 0.6 is 0 Å². The van der Waals surface area contributed by atoms with E-state index in [1.54, 1.807) is 29.8 Å². The van der Waals surface area contributed by atoms with Gasteiger partial charge in [0.15, 0.2) is 0 Å². The van der Waals surface area contributed by atoms with Gasteiger partial charge in [-0.25, -0.2) is 4.98 Å². The second-order valence-corrected chi connectivity index (χ2v) is 7.76. The van der Waals surface area contributed by atoms with Crippen molar-refractivity contribution in [1.82, 2.24) is 14.1 Å². The summed E-state index contributed by atoms with van der Waals surface area (Å²) in [5.41, 5.74) is 4.49. The van der Waals surface area contributed by atoms with Crippen LogP contribution in [0.3, 0.4) is 0 Å². The van der Waals surface area contributed by atoms with E-state index in [1.807, 2.05) is 24.5 Å². The van der Waals surface area contributed by atoms with E-state index in [0.29, 0.717) is 17.1 Å². The minimum absolute atomic E-state index is 0.0891. The smallest absolute Gasteiger partial charge is 0.252 e. The van der Waals surface area contributed by atoms with E-state index in [2.05, 4.69) is 44.8 Å². The number of fused-ring (bicyclic) bond motifs is 1. The highest BCUT2D eigenvalue weighted by molar-refractivity contribution is 5.91. The number of nitrogens with zero attached hydrogens (tertiary/aromatic N) is 5. The molecule has 0 N–H and O–H groups in total. The van der Waals surface area contributed by atoms with Crippen molar-refractivity contribution in [3.8, 4) is 11.8 Å². The van der Waals surface area contributed by atoms with Crippen molar-refractivity contribution in [2.75, 3.05) is 11.4 Å². The van der Waals surface area contributed by atoms with Gasteiger partial charge < -0.3 is 14.0 Å². The SMILES string of the molecule is Cn1c(=O)cc(N(CC2CC2)c2ccc(-n3cccc3)cc2)c2nc(C#N)ccc21. The van der Waals surface area contributed by atoms with Crippen molar-refractivity contribution < 1.29 is 0 Å². The summed E-state index contributed by atoms with van der Waals surface area (Å²) in [6, 6.07) is 19.5. The van der Waals surface area contributed by atoms with Gasteiger partial charge in [0.2, 0.25) is 0 Å². The third-order valence-electron chi connectivity index (χ3n) is 5.68. The molecule has 0 atom stereocenters. The fraction of sp³-hybridized carbons (Fsp3) is 0.208. The number of nitriles is 1. The third kappa shape index (κ3) is 3.25. The Bertz CT molecular complexity index is 1310. The van der Waals surface area contributed by atoms with Crippen molar-refractivity contribution in [2.24, 2.45) is 13.0 Å². The van der Waals surface area contributed by atoms with Crippen molar-refractivity contribution in [3.63, 3.8) is 0 Å². The van der Waals surface area contributed by atoms with Gasteiger partial charge in [0.1, 0.15) is 17.3 Å². The van der Waals surface area contributed by atoms with Gasteiger partial charge in [0, 0.05) is 43.4 Å². The molecule has 0 radical (unpaired) electrons. The van der Waals surface area contributed by atoms with Crippen molar-refractivity contribution in [1.29, 1.82) is 5.26 Å². The maximum atomic E-state index is 12.7. The van der Waals surface area contributed by atoms with E-state index < -0.39 is 0 Å². The van der Waals surface area contributed by atoms with Gasteiger partial charge >= 0.3 is 0 Å². The maximum absolute atomic E-state index is 12.7. The quantitative estimate of drug-likeness (QED) is 0.509. The van der Waals surface area contributed by atoms with E-state index in [4.69, 9.17) is 0 Å². The van der Waals surface area contributed by atoms with Crippen LogP contribution < -0.4 is 10.5 Å². The van der Waals surface area contributed by atoms with Crippen LogP contribution in [0, 0.1) is 17.2 Å². The molecule has 5 rings (SSSR count). The number of rotatable bonds is 5. The monoisotopic (exact) mass is 395 g/mol. The molecule has 148 valence electrons. The number of anilines is 2. The first-order valence-corrected chi connectivity index (χ1v) is 10.1. The Hall–Kier alpha value is -3.85. The number of aromatic nitrogens is 3. The highest BCUT2D eigenvalue weighted by Gasteiger charge is 2.27. The highest BCUT2D eigenvalue weighted by Crippen LogP contribution is 2.37. The van der Waals surface area contributed by atoms with Crippen LogP contribution in [0.25, 0.3) is 16.7 Å². The molecule has 3 heterocycles. The minimum atomic E-state index is -0.0891. The molecule has 0 bridgehead atoms. The number of hydrogen-bond acceptors (Lipinski definition) is 4. The number of pyridine rings is 2. The summed E-state index contributed by atoms with van der Waals surface area (Å²) in [6.45, 7) is 0.823. The zero-order valence-electron chi connectivity index (χ0n) is 16.7. The van der Waals surface area contributed by atoms with Crippen LogP contribution in [-0.2, 0) is 7.05 Å². The Kier molecular flexibility index (Phi) is 4.36. The Balaban J connectivity index is 1.66. The molecule has 0 unspecified atom stereocenters. The van der Waals surface area contributed by atoms with Gasteiger partial charge in [0.05, 0.1) is 11.2 Å². The topological polar surface area (TPSA) is 66.8 Å². The molecule has 1 fully saturated rings. The number of hydrogen-bond donors (Lipinski definition) is 0. The molecule has 6 heteroatoms. The molecule has 30 heavy (non-hydrogen) atoms. The van der Waals surface area contributed by atoms with Crippen LogP contribution in [0.2, 0.25) is 0 Å². The summed E-state index contributed by atoms with van der Waals surface area (Å²) >= 11 is 0. The third-order valence-corrected chi connectivity index (χ3v) is 5.68. The van der Waals surface area contributed by atoms with Crippen LogP contribution in [0.15, 0.2) is 71.8 Å². The molecule has 1 aliphatic carbocycles. The average Bonchev–Trinajstić information content (AvgIpc) is 3.44. The predicted molar refractivity (Wildman–Crippen MR) is 117 cm³/mol. The van der Waals surface area contributed by atoms with E-state index >= 15 is 0 Å². The lowest BCUT2D eigenvalue weighted by atomic mass is 10.1. The van der Waals surface area contributed by atoms with Crippen molar-refractivity contribution >= 4 is 22.4 Å². The molecule has 1 aromatic carbocycles. The molecule has 0 spiro atoms. The highest BCUT2D eigenvalue weighted by atomic mass is 16.1. The zero-order chi connectivity index (χ0) is 20.7. The second-order valence-electron chi connectivity index (χ2n) is 7.76. The zero-order valence-corrected chi connectivity index (χ0v) is 16.7. The van der Waals surface area contributed by atoms with Crippen LogP contribution in [0.4, 0.5) is 11.4 Å². The Labute approximate surface area is 174 Å². The van der Waals surface area contributed by atoms with Gasteiger partial charge in [-0.05, 0) is 67.3 Å². The van der Waals surface area contributed by atoms with Gasteiger partial charge in [-0.1, -0.05) is 0 Å². The first-order valence-electron chi connectivity index (χ1n) is 10.1. The molecule has 0 amide bonds. The summed E-state index contributed by atoms with van der Waals surface area (Å²) in [7, 11) is 1.74. The molecule has 3 aromatic heterocycles. The Morgan fingerprint density at radius 3 is 2.53 bits per heavy atom. The number of aryl methyl sites for hydroxylation is 1. The molecule has 4 aromatic rings. The van der Waals surface area contributed by atoms with E-state index in [1.165, 1.54) is 12.8 Å². The lowest BCUT2D eigenvalue weighted by Crippen LogP contribution is -2.25. The summed E-state index contributed by atoms with van der Waals surface area (Å²) in [4.78, 5) is 19.4. The molecule has 1 aliphatic rings. The van der Waals surface area contributed by atoms with E-state index in [0.717, 1.165) is 29.1 Å². The maximum Gasteiger partial charge on any atom is 0.252 e. The summed E-state index contributed by atoms with van der Waals surface area (Å²) in [5.74, 6) is 0.604. The van der Waals surface area contributed by atoms with Gasteiger partial charge in [-0.2, -0.15) is 5.26 Å². The molecule has 1 saturated carbocycles. The summed E-state index contributed by atoms with van der Waals surface area (Å²) in [5, 5.41) is 9.35. The van der Waals surface area contributed by atoms with Crippen LogP contribution in [0.5, 0.6) is 0 Å². The van der Waals surface area contributed by atoms with Crippen molar-refractivity contribution in [2.45, 2.75) is 12.8 Å². The van der Waals surface area contributed by atoms with E-state index in [9.17, 15) is 10.1 Å². The molecule has 0 aliphatic heterocycles. The molecular weight excluding hydrogens is 374 g/mol. The molecule has 0 saturated heterocycles. The van der Waals surface area contributed by atoms with E-state index in [-0.39, 0.29) is 5.56 Å². The fourth-order valence-corrected chi connectivity index (χ4v) is 3.79. The van der Waals surface area contributed by atoms with Gasteiger partial charge in [-0.15, -0.1) is 0 Å². The first-order chi connectivity index (χ1) is 14.6. The summed E-state index contributed by atoms with van der Waals surface area (Å²) in [6.07, 6.45) is 6.41. The molecular formula is C24H21N5O. The predicted octanol–water partition coefficient (Wildman–Crippen LogP) is 4.14. The number of benzene rings is 1. The fourth-order valence-electron chi connectivity index (χ4n) is 3.79. The summed E-state index contributed by atoms with van der Waals surface area (Å²) < 4.78 is 3.64. The second kappa shape index (κ2) is 7.20. The van der Waals surface area contributed by atoms with Gasteiger partial charge in [0.25, 0.3) is 5.56 Å². The lowest BCUT2D eigenvalue weighted by Gasteiger charge is -2.26. The Morgan fingerprint density at radius 1 is 1.13 bits per heavy atom. The van der Waals surface area contributed by atoms with Crippen molar-refractivity contribution in [3.05, 3.63) is 83.0 Å². The standard InChI is InChI=1S/C24H21N5O/c1-27-21-11-6-18(15-25)26-24(21)22(14-23(27)30)29(16-17-4-5-17)20-9-7-19(8-10-20)28-12-2-3-13-28/h2-3,6-14,17H,4-5,16H2,1H3. The molecule has 6 nitrogen and oxygen atoms in total. The normalized spacial score (nSPS) is 13.3. The van der Waals surface area contributed by atoms with Gasteiger partial charge in [-0.3, -0.25) is 4.79 Å². The lowest BCUT2D eigenvalue weighted by molar-refractivity contribution is 0.810.